The molecule has 1 atom stereocenters. The molecule has 138 valence electrons. The summed E-state index contributed by atoms with van der Waals surface area (Å²) in [6.07, 6.45) is 0. The molecule has 0 saturated carbocycles. The average Bonchev–Trinajstić information content (AvgIpc) is 2.83. The maximum atomic E-state index is 12.3. The number of hydrogen-bond donors (Lipinski definition) is 1. The standard InChI is InChI=1S/C19H14Cl3N3OS/c1-25-19-16(17(24-25)10-2-4-11(20)5-3-10)18(27-9-15(26)23-19)13-7-6-12(21)8-14(13)22/h2-8,18H,9H2,1H3,(H,23,26). The number of rotatable bonds is 2. The molecule has 1 aliphatic rings. The first-order valence-corrected chi connectivity index (χ1v) is 10.3. The third kappa shape index (κ3) is 3.57. The Kier molecular flexibility index (Phi) is 5.12. The maximum absolute atomic E-state index is 12.3. The van der Waals surface area contributed by atoms with E-state index in [1.54, 1.807) is 10.7 Å². The zero-order valence-corrected chi connectivity index (χ0v) is 17.3. The number of aryl methyl sites for hydroxylation is 1. The summed E-state index contributed by atoms with van der Waals surface area (Å²) >= 11 is 20.1. The van der Waals surface area contributed by atoms with Crippen LogP contribution < -0.4 is 5.32 Å². The van der Waals surface area contributed by atoms with Gasteiger partial charge in [0.05, 0.1) is 16.7 Å². The van der Waals surface area contributed by atoms with Crippen molar-refractivity contribution in [1.82, 2.24) is 9.78 Å². The van der Waals surface area contributed by atoms with Crippen LogP contribution in [-0.2, 0) is 11.8 Å². The van der Waals surface area contributed by atoms with Crippen molar-refractivity contribution in [1.29, 1.82) is 0 Å². The Bertz CT molecular complexity index is 1030. The van der Waals surface area contributed by atoms with Crippen molar-refractivity contribution < 1.29 is 4.79 Å². The maximum Gasteiger partial charge on any atom is 0.235 e. The van der Waals surface area contributed by atoms with Crippen molar-refractivity contribution in [2.75, 3.05) is 11.1 Å². The van der Waals surface area contributed by atoms with Crippen LogP contribution in [0.25, 0.3) is 11.3 Å². The fraction of sp³-hybridized carbons (Fsp3) is 0.158. The van der Waals surface area contributed by atoms with E-state index in [1.807, 2.05) is 43.4 Å². The van der Waals surface area contributed by atoms with Crippen molar-refractivity contribution in [3.8, 4) is 11.3 Å². The van der Waals surface area contributed by atoms with Gasteiger partial charge in [0, 0.05) is 33.2 Å². The number of benzene rings is 2. The van der Waals surface area contributed by atoms with Crippen LogP contribution in [0.4, 0.5) is 5.82 Å². The van der Waals surface area contributed by atoms with Crippen LogP contribution in [0.3, 0.4) is 0 Å². The van der Waals surface area contributed by atoms with Crippen LogP contribution >= 0.6 is 46.6 Å². The molecule has 27 heavy (non-hydrogen) atoms. The predicted molar refractivity (Wildman–Crippen MR) is 113 cm³/mol. The predicted octanol–water partition coefficient (Wildman–Crippen LogP) is 5.82. The van der Waals surface area contributed by atoms with Gasteiger partial charge in [-0.15, -0.1) is 11.8 Å². The molecule has 0 saturated heterocycles. The lowest BCUT2D eigenvalue weighted by Gasteiger charge is -2.17. The number of nitrogens with one attached hydrogen (secondary N) is 1. The van der Waals surface area contributed by atoms with Gasteiger partial charge in [-0.25, -0.2) is 0 Å². The Morgan fingerprint density at radius 1 is 1.11 bits per heavy atom. The summed E-state index contributed by atoms with van der Waals surface area (Å²) < 4.78 is 1.69. The highest BCUT2D eigenvalue weighted by atomic mass is 35.5. The van der Waals surface area contributed by atoms with Crippen LogP contribution in [0.5, 0.6) is 0 Å². The molecule has 0 spiro atoms. The highest BCUT2D eigenvalue weighted by Crippen LogP contribution is 2.47. The number of carbonyl (C=O) groups excluding carboxylic acids is 1. The monoisotopic (exact) mass is 437 g/mol. The van der Waals surface area contributed by atoms with E-state index in [2.05, 4.69) is 10.4 Å². The molecular formula is C19H14Cl3N3OS. The Labute approximate surface area is 175 Å². The van der Waals surface area contributed by atoms with Gasteiger partial charge >= 0.3 is 0 Å². The first-order chi connectivity index (χ1) is 12.9. The molecule has 8 heteroatoms. The van der Waals surface area contributed by atoms with E-state index in [1.165, 1.54) is 11.8 Å². The topological polar surface area (TPSA) is 46.9 Å². The molecule has 2 heterocycles. The van der Waals surface area contributed by atoms with Crippen molar-refractivity contribution in [3.05, 3.63) is 68.7 Å². The summed E-state index contributed by atoms with van der Waals surface area (Å²) in [7, 11) is 1.81. The summed E-state index contributed by atoms with van der Waals surface area (Å²) in [5, 5.41) is 9.26. The summed E-state index contributed by atoms with van der Waals surface area (Å²) in [4.78, 5) is 12.3. The molecule has 3 aromatic rings. The minimum Gasteiger partial charge on any atom is -0.310 e. The average molecular weight is 439 g/mol. The third-order valence-electron chi connectivity index (χ3n) is 4.35. The summed E-state index contributed by atoms with van der Waals surface area (Å²) in [6.45, 7) is 0. The molecule has 0 bridgehead atoms. The van der Waals surface area contributed by atoms with Gasteiger partial charge in [0.2, 0.25) is 5.91 Å². The molecule has 1 N–H and O–H groups in total. The fourth-order valence-corrected chi connectivity index (χ4v) is 5.00. The van der Waals surface area contributed by atoms with Gasteiger partial charge in [-0.2, -0.15) is 5.10 Å². The van der Waals surface area contributed by atoms with E-state index in [0.29, 0.717) is 26.6 Å². The summed E-state index contributed by atoms with van der Waals surface area (Å²) in [6, 6.07) is 12.9. The molecule has 4 rings (SSSR count). The van der Waals surface area contributed by atoms with Crippen LogP contribution in [0.1, 0.15) is 16.4 Å². The second kappa shape index (κ2) is 7.40. The molecule has 1 amide bonds. The van der Waals surface area contributed by atoms with E-state index < -0.39 is 0 Å². The van der Waals surface area contributed by atoms with E-state index in [-0.39, 0.29) is 11.2 Å². The van der Waals surface area contributed by atoms with Crippen molar-refractivity contribution in [2.45, 2.75) is 5.25 Å². The van der Waals surface area contributed by atoms with Gasteiger partial charge in [-0.05, 0) is 29.8 Å². The van der Waals surface area contributed by atoms with Crippen LogP contribution in [0, 0.1) is 0 Å². The van der Waals surface area contributed by atoms with Gasteiger partial charge in [-0.3, -0.25) is 9.48 Å². The normalized spacial score (nSPS) is 16.6. The first kappa shape index (κ1) is 18.7. The van der Waals surface area contributed by atoms with E-state index in [4.69, 9.17) is 34.8 Å². The zero-order valence-electron chi connectivity index (χ0n) is 14.2. The van der Waals surface area contributed by atoms with E-state index in [9.17, 15) is 4.79 Å². The number of nitrogens with zero attached hydrogens (tertiary/aromatic N) is 2. The molecule has 0 fully saturated rings. The Hall–Kier alpha value is -1.66. The summed E-state index contributed by atoms with van der Waals surface area (Å²) in [5.74, 6) is 0.920. The van der Waals surface area contributed by atoms with E-state index in [0.717, 1.165) is 22.4 Å². The molecular weight excluding hydrogens is 425 g/mol. The second-order valence-corrected chi connectivity index (χ2v) is 8.52. The second-order valence-electron chi connectivity index (χ2n) is 6.15. The smallest absolute Gasteiger partial charge is 0.235 e. The van der Waals surface area contributed by atoms with Gasteiger partial charge in [0.1, 0.15) is 5.82 Å². The zero-order chi connectivity index (χ0) is 19.1. The SMILES string of the molecule is Cn1nc(-c2ccc(Cl)cc2)c2c1NC(=O)CSC2c1ccc(Cl)cc1Cl. The summed E-state index contributed by atoms with van der Waals surface area (Å²) in [5.41, 5.74) is 3.52. The Balaban J connectivity index is 1.94. The van der Waals surface area contributed by atoms with Gasteiger partial charge in [-0.1, -0.05) is 53.0 Å². The highest BCUT2D eigenvalue weighted by Gasteiger charge is 2.32. The lowest BCUT2D eigenvalue weighted by Crippen LogP contribution is -2.15. The van der Waals surface area contributed by atoms with E-state index >= 15 is 0 Å². The van der Waals surface area contributed by atoms with Crippen molar-refractivity contribution >= 4 is 58.3 Å². The lowest BCUT2D eigenvalue weighted by atomic mass is 10.00. The van der Waals surface area contributed by atoms with Gasteiger partial charge in [0.25, 0.3) is 0 Å². The Morgan fingerprint density at radius 2 is 1.81 bits per heavy atom. The highest BCUT2D eigenvalue weighted by molar-refractivity contribution is 8.00. The number of hydrogen-bond acceptors (Lipinski definition) is 3. The molecule has 0 radical (unpaired) electrons. The largest absolute Gasteiger partial charge is 0.310 e. The number of amides is 1. The number of thioether (sulfide) groups is 1. The van der Waals surface area contributed by atoms with Crippen LogP contribution in [0.2, 0.25) is 15.1 Å². The van der Waals surface area contributed by atoms with Crippen LogP contribution in [0.15, 0.2) is 42.5 Å². The molecule has 2 aromatic carbocycles. The third-order valence-corrected chi connectivity index (χ3v) is 6.41. The van der Waals surface area contributed by atoms with Crippen LogP contribution in [-0.4, -0.2) is 21.4 Å². The number of halogens is 3. The molecule has 4 nitrogen and oxygen atoms in total. The molecule has 0 aliphatic carbocycles. The molecule has 1 unspecified atom stereocenters. The number of aromatic nitrogens is 2. The fourth-order valence-electron chi connectivity index (χ4n) is 3.13. The lowest BCUT2D eigenvalue weighted by molar-refractivity contribution is -0.113. The number of carbonyl (C=O) groups is 1. The minimum atomic E-state index is -0.164. The quantitative estimate of drug-likeness (QED) is 0.548. The van der Waals surface area contributed by atoms with Crippen molar-refractivity contribution in [3.63, 3.8) is 0 Å². The molecule has 1 aliphatic heterocycles. The Morgan fingerprint density at radius 3 is 2.52 bits per heavy atom. The first-order valence-electron chi connectivity index (χ1n) is 8.13. The van der Waals surface area contributed by atoms with Gasteiger partial charge < -0.3 is 5.32 Å². The number of fused-ring (bicyclic) bond motifs is 1. The van der Waals surface area contributed by atoms with Gasteiger partial charge in [0.15, 0.2) is 0 Å². The number of anilines is 1. The minimum absolute atomic E-state index is 0.0699. The van der Waals surface area contributed by atoms with Crippen molar-refractivity contribution in [2.24, 2.45) is 7.05 Å². The molecule has 1 aromatic heterocycles.